The zero-order valence-electron chi connectivity index (χ0n) is 6.91. The largest absolute Gasteiger partial charge is 0.469 e. The number of hydrogen-bond acceptors (Lipinski definition) is 4. The second-order valence-electron chi connectivity index (χ2n) is 2.59. The number of halogens is 1. The maximum atomic E-state index is 10.6. The molecular formula is C6H11ClO4S. The van der Waals surface area contributed by atoms with E-state index in [1.54, 1.807) is 6.92 Å². The first-order valence-electron chi connectivity index (χ1n) is 3.34. The summed E-state index contributed by atoms with van der Waals surface area (Å²) in [5.41, 5.74) is 0. The van der Waals surface area contributed by atoms with Crippen LogP contribution in [-0.4, -0.2) is 27.2 Å². The first-order valence-corrected chi connectivity index (χ1v) is 5.82. The van der Waals surface area contributed by atoms with Crippen molar-refractivity contribution >= 4 is 25.7 Å². The zero-order chi connectivity index (χ0) is 9.78. The van der Waals surface area contributed by atoms with Crippen molar-refractivity contribution in [2.24, 2.45) is 5.92 Å². The minimum absolute atomic E-state index is 0.0719. The molecule has 12 heavy (non-hydrogen) atoms. The maximum Gasteiger partial charge on any atom is 0.305 e. The van der Waals surface area contributed by atoms with Crippen LogP contribution in [0.15, 0.2) is 0 Å². The Kier molecular flexibility index (Phi) is 4.55. The molecular weight excluding hydrogens is 204 g/mol. The van der Waals surface area contributed by atoms with Gasteiger partial charge in [0.2, 0.25) is 9.05 Å². The third kappa shape index (κ3) is 6.42. The molecule has 4 nitrogen and oxygen atoms in total. The van der Waals surface area contributed by atoms with E-state index in [1.165, 1.54) is 7.11 Å². The molecule has 0 fully saturated rings. The van der Waals surface area contributed by atoms with Crippen molar-refractivity contribution in [2.75, 3.05) is 12.9 Å². The second kappa shape index (κ2) is 4.67. The monoisotopic (exact) mass is 214 g/mol. The molecule has 0 bridgehead atoms. The van der Waals surface area contributed by atoms with Gasteiger partial charge in [-0.25, -0.2) is 8.42 Å². The summed E-state index contributed by atoms with van der Waals surface area (Å²) in [5.74, 6) is -0.938. The lowest BCUT2D eigenvalue weighted by atomic mass is 10.1. The van der Waals surface area contributed by atoms with E-state index in [2.05, 4.69) is 4.74 Å². The second-order valence-corrected chi connectivity index (χ2v) is 5.41. The maximum absolute atomic E-state index is 10.6. The Morgan fingerprint density at radius 1 is 1.58 bits per heavy atom. The number of carbonyl (C=O) groups is 1. The summed E-state index contributed by atoms with van der Waals surface area (Å²) in [6.07, 6.45) is 0.0719. The number of rotatable bonds is 4. The third-order valence-electron chi connectivity index (χ3n) is 1.23. The number of carbonyl (C=O) groups excluding carboxylic acids is 1. The Labute approximate surface area is 76.3 Å². The number of hydrogen-bond donors (Lipinski definition) is 0. The summed E-state index contributed by atoms with van der Waals surface area (Å²) in [5, 5.41) is 0. The van der Waals surface area contributed by atoms with E-state index in [0.29, 0.717) is 0 Å². The van der Waals surface area contributed by atoms with Crippen LogP contribution in [0.4, 0.5) is 0 Å². The van der Waals surface area contributed by atoms with Crippen LogP contribution in [0.2, 0.25) is 0 Å². The van der Waals surface area contributed by atoms with E-state index in [1.807, 2.05) is 0 Å². The molecule has 0 aromatic heterocycles. The van der Waals surface area contributed by atoms with Crippen LogP contribution in [0, 0.1) is 5.92 Å². The lowest BCUT2D eigenvalue weighted by Gasteiger charge is -2.06. The van der Waals surface area contributed by atoms with Crippen LogP contribution in [0.3, 0.4) is 0 Å². The van der Waals surface area contributed by atoms with E-state index in [-0.39, 0.29) is 18.1 Å². The first kappa shape index (κ1) is 11.7. The van der Waals surface area contributed by atoms with Crippen molar-refractivity contribution in [3.8, 4) is 0 Å². The van der Waals surface area contributed by atoms with Gasteiger partial charge < -0.3 is 4.74 Å². The van der Waals surface area contributed by atoms with Crippen molar-refractivity contribution in [1.82, 2.24) is 0 Å². The molecule has 0 unspecified atom stereocenters. The van der Waals surface area contributed by atoms with Crippen LogP contribution in [0.1, 0.15) is 13.3 Å². The fourth-order valence-corrected chi connectivity index (χ4v) is 2.21. The predicted octanol–water partition coefficient (Wildman–Crippen LogP) is 0.754. The van der Waals surface area contributed by atoms with Crippen molar-refractivity contribution < 1.29 is 17.9 Å². The standard InChI is InChI=1S/C6H11ClO4S/c1-5(3-6(8)11-2)4-12(7,9)10/h5H,3-4H2,1-2H3/t5-/m0/s1. The SMILES string of the molecule is COC(=O)C[C@H](C)CS(=O)(=O)Cl. The molecule has 6 heteroatoms. The van der Waals surface area contributed by atoms with Crippen LogP contribution in [0.25, 0.3) is 0 Å². The fourth-order valence-electron chi connectivity index (χ4n) is 0.767. The highest BCUT2D eigenvalue weighted by atomic mass is 35.7. The highest BCUT2D eigenvalue weighted by Gasteiger charge is 2.15. The normalized spacial score (nSPS) is 13.9. The summed E-state index contributed by atoms with van der Waals surface area (Å²) in [6, 6.07) is 0. The van der Waals surface area contributed by atoms with Gasteiger partial charge in [-0.15, -0.1) is 0 Å². The van der Waals surface area contributed by atoms with Crippen molar-refractivity contribution in [3.05, 3.63) is 0 Å². The molecule has 0 rings (SSSR count). The number of methoxy groups -OCH3 is 1. The van der Waals surface area contributed by atoms with Gasteiger partial charge in [0, 0.05) is 17.1 Å². The molecule has 0 spiro atoms. The van der Waals surface area contributed by atoms with E-state index in [0.717, 1.165) is 0 Å². The molecule has 0 aromatic rings. The minimum Gasteiger partial charge on any atom is -0.469 e. The molecule has 0 saturated heterocycles. The Balaban J connectivity index is 3.91. The molecule has 0 amide bonds. The molecule has 1 atom stereocenters. The van der Waals surface area contributed by atoms with Crippen LogP contribution in [-0.2, 0) is 18.6 Å². The Hall–Kier alpha value is -0.290. The van der Waals surface area contributed by atoms with Gasteiger partial charge in [0.05, 0.1) is 12.9 Å². The van der Waals surface area contributed by atoms with Crippen molar-refractivity contribution in [3.63, 3.8) is 0 Å². The summed E-state index contributed by atoms with van der Waals surface area (Å²) in [7, 11) is 2.72. The molecule has 0 aliphatic heterocycles. The van der Waals surface area contributed by atoms with Crippen LogP contribution in [0.5, 0.6) is 0 Å². The molecule has 0 radical (unpaired) electrons. The minimum atomic E-state index is -3.51. The first-order chi connectivity index (χ1) is 5.35. The van der Waals surface area contributed by atoms with Gasteiger partial charge >= 0.3 is 5.97 Å². The zero-order valence-corrected chi connectivity index (χ0v) is 8.48. The van der Waals surface area contributed by atoms with Crippen molar-refractivity contribution in [1.29, 1.82) is 0 Å². The lowest BCUT2D eigenvalue weighted by molar-refractivity contribution is -0.141. The van der Waals surface area contributed by atoms with Gasteiger partial charge in [-0.05, 0) is 5.92 Å². The average Bonchev–Trinajstić information content (AvgIpc) is 1.82. The fraction of sp³-hybridized carbons (Fsp3) is 0.833. The molecule has 0 aliphatic rings. The van der Waals surface area contributed by atoms with E-state index >= 15 is 0 Å². The lowest BCUT2D eigenvalue weighted by Crippen LogP contribution is -2.14. The van der Waals surface area contributed by atoms with Gasteiger partial charge in [-0.2, -0.15) is 0 Å². The Bertz CT molecular complexity index is 246. The van der Waals surface area contributed by atoms with Gasteiger partial charge in [0.15, 0.2) is 0 Å². The highest BCUT2D eigenvalue weighted by Crippen LogP contribution is 2.09. The Morgan fingerprint density at radius 2 is 2.08 bits per heavy atom. The van der Waals surface area contributed by atoms with Gasteiger partial charge in [-0.1, -0.05) is 6.92 Å². The molecule has 0 N–H and O–H groups in total. The van der Waals surface area contributed by atoms with Gasteiger partial charge in [-0.3, -0.25) is 4.79 Å². The van der Waals surface area contributed by atoms with Crippen LogP contribution < -0.4 is 0 Å². The number of esters is 1. The molecule has 0 saturated carbocycles. The number of ether oxygens (including phenoxy) is 1. The summed E-state index contributed by atoms with van der Waals surface area (Å²) in [6.45, 7) is 1.62. The van der Waals surface area contributed by atoms with E-state index in [9.17, 15) is 13.2 Å². The molecule has 0 aliphatic carbocycles. The van der Waals surface area contributed by atoms with Crippen LogP contribution >= 0.6 is 10.7 Å². The Morgan fingerprint density at radius 3 is 2.42 bits per heavy atom. The average molecular weight is 215 g/mol. The molecule has 0 heterocycles. The predicted molar refractivity (Wildman–Crippen MR) is 45.4 cm³/mol. The van der Waals surface area contributed by atoms with Crippen molar-refractivity contribution in [2.45, 2.75) is 13.3 Å². The quantitative estimate of drug-likeness (QED) is 0.512. The van der Waals surface area contributed by atoms with E-state index in [4.69, 9.17) is 10.7 Å². The molecule has 0 aromatic carbocycles. The van der Waals surface area contributed by atoms with Gasteiger partial charge in [0.25, 0.3) is 0 Å². The van der Waals surface area contributed by atoms with E-state index < -0.39 is 15.0 Å². The summed E-state index contributed by atoms with van der Waals surface area (Å²) < 4.78 is 25.4. The highest BCUT2D eigenvalue weighted by molar-refractivity contribution is 8.13. The van der Waals surface area contributed by atoms with Gasteiger partial charge in [0.1, 0.15) is 0 Å². The topological polar surface area (TPSA) is 60.4 Å². The molecule has 72 valence electrons. The third-order valence-corrected chi connectivity index (χ3v) is 2.57. The summed E-state index contributed by atoms with van der Waals surface area (Å²) in [4.78, 5) is 10.6. The summed E-state index contributed by atoms with van der Waals surface area (Å²) >= 11 is 0. The smallest absolute Gasteiger partial charge is 0.305 e.